The highest BCUT2D eigenvalue weighted by atomic mass is 79.9. The molecule has 1 aromatic heterocycles. The summed E-state index contributed by atoms with van der Waals surface area (Å²) in [4.78, 5) is 12.7. The van der Waals surface area contributed by atoms with Crippen LogP contribution in [0.1, 0.15) is 37.4 Å². The summed E-state index contributed by atoms with van der Waals surface area (Å²) in [6.07, 6.45) is 0. The average molecular weight is 316 g/mol. The first-order valence-electron chi connectivity index (χ1n) is 5.80. The molecule has 1 aliphatic rings. The Morgan fingerprint density at radius 3 is 2.35 bits per heavy atom. The van der Waals surface area contributed by atoms with Crippen LogP contribution in [0.25, 0.3) is 0 Å². The highest BCUT2D eigenvalue weighted by Crippen LogP contribution is 2.67. The second kappa shape index (κ2) is 4.09. The van der Waals surface area contributed by atoms with Gasteiger partial charge in [0.1, 0.15) is 0 Å². The van der Waals surface area contributed by atoms with Gasteiger partial charge in [-0.3, -0.25) is 4.79 Å². The summed E-state index contributed by atoms with van der Waals surface area (Å²) in [5, 5.41) is 3.04. The van der Waals surface area contributed by atoms with Crippen molar-refractivity contribution in [3.8, 4) is 0 Å². The Hall–Kier alpha value is -0.350. The van der Waals surface area contributed by atoms with Gasteiger partial charge < -0.3 is 5.32 Å². The van der Waals surface area contributed by atoms with Crippen LogP contribution in [0.15, 0.2) is 15.9 Å². The van der Waals surface area contributed by atoms with Gasteiger partial charge in [0.25, 0.3) is 5.91 Å². The Bertz CT molecular complexity index is 436. The maximum Gasteiger partial charge on any atom is 0.261 e. The Balaban J connectivity index is 1.91. The molecule has 0 aromatic carbocycles. The molecule has 0 spiro atoms. The molecule has 1 heterocycles. The summed E-state index contributed by atoms with van der Waals surface area (Å²) in [7, 11) is 0. The fourth-order valence-electron chi connectivity index (χ4n) is 2.56. The van der Waals surface area contributed by atoms with E-state index in [1.165, 1.54) is 11.3 Å². The quantitative estimate of drug-likeness (QED) is 0.899. The molecule has 17 heavy (non-hydrogen) atoms. The van der Waals surface area contributed by atoms with E-state index >= 15 is 0 Å². The molecule has 1 N–H and O–H groups in total. The Morgan fingerprint density at radius 1 is 1.35 bits per heavy atom. The van der Waals surface area contributed by atoms with Crippen molar-refractivity contribution in [2.24, 2.45) is 16.7 Å². The molecule has 0 saturated heterocycles. The van der Waals surface area contributed by atoms with E-state index in [0.29, 0.717) is 16.7 Å². The standard InChI is InChI=1S/C13H18BrNOS/c1-12(2)9(13(12,3)4)7-15-11(16)8-5-6-10(14)17-8/h5-6,9H,7H2,1-4H3,(H,15,16). The number of hydrogen-bond donors (Lipinski definition) is 1. The van der Waals surface area contributed by atoms with E-state index in [2.05, 4.69) is 48.9 Å². The second-order valence-electron chi connectivity index (χ2n) is 5.81. The monoisotopic (exact) mass is 315 g/mol. The predicted molar refractivity (Wildman–Crippen MR) is 75.4 cm³/mol. The summed E-state index contributed by atoms with van der Waals surface area (Å²) in [6.45, 7) is 9.85. The van der Waals surface area contributed by atoms with E-state index in [4.69, 9.17) is 0 Å². The second-order valence-corrected chi connectivity index (χ2v) is 8.27. The van der Waals surface area contributed by atoms with Crippen LogP contribution in [0, 0.1) is 16.7 Å². The van der Waals surface area contributed by atoms with Crippen LogP contribution in [0.2, 0.25) is 0 Å². The molecule has 1 saturated carbocycles. The lowest BCUT2D eigenvalue weighted by Gasteiger charge is -2.04. The van der Waals surface area contributed by atoms with Crippen molar-refractivity contribution in [3.05, 3.63) is 20.8 Å². The maximum absolute atomic E-state index is 11.9. The van der Waals surface area contributed by atoms with Crippen LogP contribution >= 0.6 is 27.3 Å². The molecular weight excluding hydrogens is 298 g/mol. The number of nitrogens with one attached hydrogen (secondary N) is 1. The topological polar surface area (TPSA) is 29.1 Å². The van der Waals surface area contributed by atoms with Crippen LogP contribution in [0.3, 0.4) is 0 Å². The van der Waals surface area contributed by atoms with Crippen LogP contribution in [0.4, 0.5) is 0 Å². The third-order valence-electron chi connectivity index (χ3n) is 4.58. The number of halogens is 1. The van der Waals surface area contributed by atoms with Gasteiger partial charge in [-0.1, -0.05) is 27.7 Å². The summed E-state index contributed by atoms with van der Waals surface area (Å²) in [5.74, 6) is 0.613. The van der Waals surface area contributed by atoms with E-state index in [-0.39, 0.29) is 5.91 Å². The highest BCUT2D eigenvalue weighted by molar-refractivity contribution is 9.11. The number of carbonyl (C=O) groups is 1. The molecule has 2 rings (SSSR count). The molecule has 0 atom stereocenters. The molecule has 0 radical (unpaired) electrons. The van der Waals surface area contributed by atoms with E-state index in [1.807, 2.05) is 12.1 Å². The van der Waals surface area contributed by atoms with Crippen molar-refractivity contribution in [2.75, 3.05) is 6.54 Å². The molecule has 1 fully saturated rings. The molecule has 94 valence electrons. The zero-order valence-corrected chi connectivity index (χ0v) is 13.0. The van der Waals surface area contributed by atoms with Crippen molar-refractivity contribution < 1.29 is 4.79 Å². The fraction of sp³-hybridized carbons (Fsp3) is 0.615. The minimum absolute atomic E-state index is 0.0409. The minimum atomic E-state index is 0.0409. The normalized spacial score (nSPS) is 21.2. The molecule has 2 nitrogen and oxygen atoms in total. The SMILES string of the molecule is CC1(C)C(CNC(=O)c2ccc(Br)s2)C1(C)C. The van der Waals surface area contributed by atoms with E-state index in [1.54, 1.807) is 0 Å². The van der Waals surface area contributed by atoms with Gasteiger partial charge in [-0.25, -0.2) is 0 Å². The lowest BCUT2D eigenvalue weighted by molar-refractivity contribution is 0.0954. The van der Waals surface area contributed by atoms with Crippen molar-refractivity contribution in [2.45, 2.75) is 27.7 Å². The maximum atomic E-state index is 11.9. The van der Waals surface area contributed by atoms with Gasteiger partial charge in [0.2, 0.25) is 0 Å². The van der Waals surface area contributed by atoms with Crippen molar-refractivity contribution in [1.82, 2.24) is 5.32 Å². The van der Waals surface area contributed by atoms with E-state index in [0.717, 1.165) is 15.2 Å². The first kappa shape index (κ1) is 13.1. The largest absolute Gasteiger partial charge is 0.351 e. The number of hydrogen-bond acceptors (Lipinski definition) is 2. The van der Waals surface area contributed by atoms with E-state index < -0.39 is 0 Å². The Labute approximate surface area is 115 Å². The zero-order chi connectivity index (χ0) is 12.8. The summed E-state index contributed by atoms with van der Waals surface area (Å²) >= 11 is 4.84. The van der Waals surface area contributed by atoms with Crippen LogP contribution in [0.5, 0.6) is 0 Å². The zero-order valence-electron chi connectivity index (χ0n) is 10.6. The Kier molecular flexibility index (Phi) is 3.15. The van der Waals surface area contributed by atoms with Gasteiger partial charge in [-0.05, 0) is 44.8 Å². The van der Waals surface area contributed by atoms with Gasteiger partial charge in [0.05, 0.1) is 8.66 Å². The average Bonchev–Trinajstić information content (AvgIpc) is 2.55. The lowest BCUT2D eigenvalue weighted by Crippen LogP contribution is -2.26. The van der Waals surface area contributed by atoms with Crippen molar-refractivity contribution >= 4 is 33.2 Å². The van der Waals surface area contributed by atoms with Crippen LogP contribution in [-0.4, -0.2) is 12.5 Å². The molecule has 1 aromatic rings. The summed E-state index contributed by atoms with van der Waals surface area (Å²) in [5.41, 5.74) is 0.659. The molecule has 4 heteroatoms. The number of carbonyl (C=O) groups excluding carboxylic acids is 1. The molecule has 0 bridgehead atoms. The van der Waals surface area contributed by atoms with Crippen LogP contribution in [-0.2, 0) is 0 Å². The minimum Gasteiger partial charge on any atom is -0.351 e. The third kappa shape index (κ3) is 2.17. The van der Waals surface area contributed by atoms with Gasteiger partial charge in [-0.15, -0.1) is 11.3 Å². The highest BCUT2D eigenvalue weighted by Gasteiger charge is 2.64. The van der Waals surface area contributed by atoms with Gasteiger partial charge in [0, 0.05) is 6.54 Å². The van der Waals surface area contributed by atoms with Gasteiger partial charge in [0.15, 0.2) is 0 Å². The molecule has 0 unspecified atom stereocenters. The Morgan fingerprint density at radius 2 is 1.94 bits per heavy atom. The lowest BCUT2D eigenvalue weighted by atomic mass is 10.0. The number of thiophene rings is 1. The van der Waals surface area contributed by atoms with Gasteiger partial charge >= 0.3 is 0 Å². The number of rotatable bonds is 3. The van der Waals surface area contributed by atoms with Gasteiger partial charge in [-0.2, -0.15) is 0 Å². The molecule has 1 aliphatic carbocycles. The third-order valence-corrected chi connectivity index (χ3v) is 6.21. The molecule has 0 aliphatic heterocycles. The first-order valence-corrected chi connectivity index (χ1v) is 7.41. The molecule has 1 amide bonds. The smallest absolute Gasteiger partial charge is 0.261 e. The fourth-order valence-corrected chi connectivity index (χ4v) is 3.86. The van der Waals surface area contributed by atoms with Crippen molar-refractivity contribution in [1.29, 1.82) is 0 Å². The first-order chi connectivity index (χ1) is 7.76. The van der Waals surface area contributed by atoms with E-state index in [9.17, 15) is 4.79 Å². The predicted octanol–water partition coefficient (Wildman–Crippen LogP) is 3.92. The summed E-state index contributed by atoms with van der Waals surface area (Å²) in [6, 6.07) is 3.76. The van der Waals surface area contributed by atoms with Crippen molar-refractivity contribution in [3.63, 3.8) is 0 Å². The molecular formula is C13H18BrNOS. The van der Waals surface area contributed by atoms with Crippen LogP contribution < -0.4 is 5.32 Å². The summed E-state index contributed by atoms with van der Waals surface area (Å²) < 4.78 is 0.995. The number of amides is 1.